The fourth-order valence-electron chi connectivity index (χ4n) is 3.82. The third kappa shape index (κ3) is 3.14. The number of aryl methyl sites for hydroxylation is 2. The van der Waals surface area contributed by atoms with Crippen molar-refractivity contribution in [3.05, 3.63) is 53.5 Å². The molecule has 1 aromatic heterocycles. The Morgan fingerprint density at radius 2 is 1.96 bits per heavy atom. The maximum absolute atomic E-state index is 6.06. The highest BCUT2D eigenvalue weighted by atomic mass is 16.5. The molecule has 5 heteroatoms. The monoisotopic (exact) mass is 324 g/mol. The predicted molar refractivity (Wildman–Crippen MR) is 94.1 cm³/mol. The van der Waals surface area contributed by atoms with E-state index in [0.29, 0.717) is 6.04 Å². The average molecular weight is 324 g/mol. The van der Waals surface area contributed by atoms with Gasteiger partial charge in [0.25, 0.3) is 0 Å². The van der Waals surface area contributed by atoms with Crippen LogP contribution in [0.4, 0.5) is 5.82 Å². The lowest BCUT2D eigenvalue weighted by atomic mass is 10.1. The Hall–Kier alpha value is -1.98. The molecular weight excluding hydrogens is 300 g/mol. The van der Waals surface area contributed by atoms with E-state index in [1.807, 2.05) is 13.8 Å². The molecule has 2 aromatic rings. The van der Waals surface area contributed by atoms with Crippen molar-refractivity contribution in [2.24, 2.45) is 0 Å². The Balaban J connectivity index is 1.51. The minimum atomic E-state index is 0.262. The summed E-state index contributed by atoms with van der Waals surface area (Å²) in [6.45, 7) is 8.65. The number of rotatable bonds is 3. The normalized spacial score (nSPS) is 24.2. The van der Waals surface area contributed by atoms with E-state index in [2.05, 4.69) is 56.2 Å². The summed E-state index contributed by atoms with van der Waals surface area (Å²) in [6, 6.07) is 13.2. The van der Waals surface area contributed by atoms with Crippen LogP contribution in [0, 0.1) is 13.8 Å². The summed E-state index contributed by atoms with van der Waals surface area (Å²) in [5.41, 5.74) is 2.39. The van der Waals surface area contributed by atoms with Crippen LogP contribution < -0.4 is 4.90 Å². The number of benzene rings is 1. The lowest BCUT2D eigenvalue weighted by Crippen LogP contribution is -2.50. The van der Waals surface area contributed by atoms with E-state index < -0.39 is 0 Å². The zero-order valence-corrected chi connectivity index (χ0v) is 14.4. The van der Waals surface area contributed by atoms with Crippen LogP contribution in [-0.4, -0.2) is 53.3 Å². The number of aromatic nitrogens is 2. The zero-order chi connectivity index (χ0) is 16.5. The number of morpholine rings is 1. The Bertz CT molecular complexity index is 686. The topological polar surface area (TPSA) is 41.5 Å². The van der Waals surface area contributed by atoms with Gasteiger partial charge in [-0.05, 0) is 19.4 Å². The summed E-state index contributed by atoms with van der Waals surface area (Å²) in [5.74, 6) is 1.86. The molecule has 2 atom stereocenters. The van der Waals surface area contributed by atoms with Crippen molar-refractivity contribution in [1.29, 1.82) is 0 Å². The first-order chi connectivity index (χ1) is 11.7. The van der Waals surface area contributed by atoms with Crippen molar-refractivity contribution in [1.82, 2.24) is 14.9 Å². The van der Waals surface area contributed by atoms with Gasteiger partial charge in [-0.25, -0.2) is 9.97 Å². The van der Waals surface area contributed by atoms with Crippen molar-refractivity contribution in [2.45, 2.75) is 32.5 Å². The van der Waals surface area contributed by atoms with Crippen LogP contribution in [0.15, 0.2) is 36.4 Å². The van der Waals surface area contributed by atoms with Crippen molar-refractivity contribution in [2.75, 3.05) is 31.1 Å². The molecule has 5 nitrogen and oxygen atoms in total. The Morgan fingerprint density at radius 3 is 2.75 bits per heavy atom. The Labute approximate surface area is 143 Å². The lowest BCUT2D eigenvalue weighted by molar-refractivity contribution is -0.0499. The molecule has 0 N–H and O–H groups in total. The zero-order valence-electron chi connectivity index (χ0n) is 14.4. The van der Waals surface area contributed by atoms with Crippen LogP contribution in [-0.2, 0) is 11.3 Å². The highest BCUT2D eigenvalue weighted by molar-refractivity contribution is 5.42. The molecule has 0 bridgehead atoms. The van der Waals surface area contributed by atoms with E-state index in [0.717, 1.165) is 50.1 Å². The van der Waals surface area contributed by atoms with Gasteiger partial charge >= 0.3 is 0 Å². The fraction of sp³-hybridized carbons (Fsp3) is 0.474. The van der Waals surface area contributed by atoms with Gasteiger partial charge in [0.1, 0.15) is 11.6 Å². The maximum Gasteiger partial charge on any atom is 0.132 e. The number of anilines is 1. The highest BCUT2D eigenvalue weighted by Crippen LogP contribution is 2.27. The molecule has 126 valence electrons. The van der Waals surface area contributed by atoms with E-state index in [1.165, 1.54) is 5.56 Å². The lowest BCUT2D eigenvalue weighted by Gasteiger charge is -2.36. The van der Waals surface area contributed by atoms with Crippen LogP contribution in [0.1, 0.15) is 17.1 Å². The van der Waals surface area contributed by atoms with E-state index in [9.17, 15) is 0 Å². The molecule has 0 spiro atoms. The summed E-state index contributed by atoms with van der Waals surface area (Å²) < 4.78 is 6.06. The number of fused-ring (bicyclic) bond motifs is 1. The van der Waals surface area contributed by atoms with Crippen LogP contribution in [0.2, 0.25) is 0 Å². The minimum absolute atomic E-state index is 0.262. The van der Waals surface area contributed by atoms with E-state index in [1.54, 1.807) is 0 Å². The van der Waals surface area contributed by atoms with E-state index in [4.69, 9.17) is 4.74 Å². The van der Waals surface area contributed by atoms with Gasteiger partial charge in [0, 0.05) is 37.9 Å². The van der Waals surface area contributed by atoms with Gasteiger partial charge in [-0.2, -0.15) is 0 Å². The van der Waals surface area contributed by atoms with Crippen LogP contribution >= 0.6 is 0 Å². The maximum atomic E-state index is 6.06. The molecule has 0 amide bonds. The first-order valence-electron chi connectivity index (χ1n) is 8.66. The van der Waals surface area contributed by atoms with Gasteiger partial charge in [-0.15, -0.1) is 0 Å². The Kier molecular flexibility index (Phi) is 4.21. The first-order valence-corrected chi connectivity index (χ1v) is 8.66. The van der Waals surface area contributed by atoms with Gasteiger partial charge in [0.2, 0.25) is 0 Å². The van der Waals surface area contributed by atoms with Crippen molar-refractivity contribution in [3.8, 4) is 0 Å². The van der Waals surface area contributed by atoms with Crippen LogP contribution in [0.25, 0.3) is 0 Å². The fourth-order valence-corrected chi connectivity index (χ4v) is 3.82. The quantitative estimate of drug-likeness (QED) is 0.866. The SMILES string of the molecule is Cc1cc(N2C[C@@H]3OCCN(Cc4ccccc4)[C@@H]3C2)nc(C)n1. The van der Waals surface area contributed by atoms with E-state index in [-0.39, 0.29) is 6.10 Å². The second-order valence-corrected chi connectivity index (χ2v) is 6.75. The summed E-state index contributed by atoms with van der Waals surface area (Å²) in [5, 5.41) is 0. The molecule has 24 heavy (non-hydrogen) atoms. The standard InChI is InChI=1S/C19H24N4O/c1-14-10-19(21-15(2)20-14)23-12-17-18(13-23)24-9-8-22(17)11-16-6-4-3-5-7-16/h3-7,10,17-18H,8-9,11-13H2,1-2H3/t17-,18+/m1/s1. The molecular formula is C19H24N4O. The smallest absolute Gasteiger partial charge is 0.132 e. The molecule has 3 heterocycles. The molecule has 4 rings (SSSR count). The molecule has 2 saturated heterocycles. The van der Waals surface area contributed by atoms with Gasteiger partial charge in [0.05, 0.1) is 18.8 Å². The number of hydrogen-bond acceptors (Lipinski definition) is 5. The Morgan fingerprint density at radius 1 is 1.12 bits per heavy atom. The number of ether oxygens (including phenoxy) is 1. The predicted octanol–water partition coefficient (Wildman–Crippen LogP) is 2.18. The van der Waals surface area contributed by atoms with Gasteiger partial charge in [-0.1, -0.05) is 30.3 Å². The van der Waals surface area contributed by atoms with Crippen molar-refractivity contribution < 1.29 is 4.74 Å². The molecule has 0 unspecified atom stereocenters. The molecule has 0 saturated carbocycles. The van der Waals surface area contributed by atoms with Crippen molar-refractivity contribution >= 4 is 5.82 Å². The van der Waals surface area contributed by atoms with Crippen molar-refractivity contribution in [3.63, 3.8) is 0 Å². The average Bonchev–Trinajstić information content (AvgIpc) is 3.00. The summed E-state index contributed by atoms with van der Waals surface area (Å²) >= 11 is 0. The summed E-state index contributed by atoms with van der Waals surface area (Å²) in [7, 11) is 0. The number of nitrogens with zero attached hydrogens (tertiary/aromatic N) is 4. The molecule has 0 aliphatic carbocycles. The molecule has 2 aliphatic heterocycles. The molecule has 0 radical (unpaired) electrons. The number of hydrogen-bond donors (Lipinski definition) is 0. The highest BCUT2D eigenvalue weighted by Gasteiger charge is 2.40. The molecule has 1 aromatic carbocycles. The van der Waals surface area contributed by atoms with Crippen LogP contribution in [0.5, 0.6) is 0 Å². The second kappa shape index (κ2) is 6.49. The van der Waals surface area contributed by atoms with Gasteiger partial charge in [-0.3, -0.25) is 4.90 Å². The summed E-state index contributed by atoms with van der Waals surface area (Å²) in [4.78, 5) is 13.9. The summed E-state index contributed by atoms with van der Waals surface area (Å²) in [6.07, 6.45) is 0.262. The minimum Gasteiger partial charge on any atom is -0.373 e. The second-order valence-electron chi connectivity index (χ2n) is 6.75. The van der Waals surface area contributed by atoms with Gasteiger partial charge < -0.3 is 9.64 Å². The third-order valence-electron chi connectivity index (χ3n) is 4.92. The first kappa shape index (κ1) is 15.5. The molecule has 2 aliphatic rings. The van der Waals surface area contributed by atoms with Gasteiger partial charge in [0.15, 0.2) is 0 Å². The van der Waals surface area contributed by atoms with E-state index >= 15 is 0 Å². The third-order valence-corrected chi connectivity index (χ3v) is 4.92. The largest absolute Gasteiger partial charge is 0.373 e. The van der Waals surface area contributed by atoms with Crippen LogP contribution in [0.3, 0.4) is 0 Å². The molecule has 2 fully saturated rings.